The second kappa shape index (κ2) is 7.12. The van der Waals surface area contributed by atoms with Crippen molar-refractivity contribution in [2.24, 2.45) is 5.92 Å². The van der Waals surface area contributed by atoms with Crippen molar-refractivity contribution < 1.29 is 4.92 Å². The number of nitro benzene ring substituents is 1. The highest BCUT2D eigenvalue weighted by atomic mass is 16.6. The van der Waals surface area contributed by atoms with Gasteiger partial charge < -0.3 is 5.32 Å². The van der Waals surface area contributed by atoms with Crippen LogP contribution in [-0.4, -0.2) is 33.5 Å². The minimum atomic E-state index is -0.417. The van der Waals surface area contributed by atoms with E-state index in [1.807, 2.05) is 13.0 Å². The summed E-state index contributed by atoms with van der Waals surface area (Å²) < 4.78 is 0. The van der Waals surface area contributed by atoms with E-state index in [1.54, 1.807) is 12.1 Å². The van der Waals surface area contributed by atoms with E-state index in [0.717, 1.165) is 23.6 Å². The van der Waals surface area contributed by atoms with Gasteiger partial charge in [-0.2, -0.15) is 0 Å². The first-order valence-electron chi connectivity index (χ1n) is 8.29. The zero-order valence-corrected chi connectivity index (χ0v) is 14.5. The Morgan fingerprint density at radius 3 is 2.40 bits per heavy atom. The van der Waals surface area contributed by atoms with Gasteiger partial charge in [0.15, 0.2) is 5.82 Å². The van der Waals surface area contributed by atoms with E-state index < -0.39 is 4.92 Å². The van der Waals surface area contributed by atoms with Gasteiger partial charge in [-0.1, -0.05) is 0 Å². The highest BCUT2D eigenvalue weighted by molar-refractivity contribution is 5.59. The number of nitrogens with zero attached hydrogens (tertiary/aromatic N) is 3. The van der Waals surface area contributed by atoms with Crippen LogP contribution in [0, 0.1) is 23.0 Å². The molecule has 0 spiro atoms. The van der Waals surface area contributed by atoms with Crippen LogP contribution in [0.4, 0.5) is 11.5 Å². The minimum Gasteiger partial charge on any atom is -0.370 e. The van der Waals surface area contributed by atoms with Crippen molar-refractivity contribution in [2.75, 3.05) is 11.9 Å². The lowest BCUT2D eigenvalue weighted by atomic mass is 9.97. The van der Waals surface area contributed by atoms with Crippen molar-refractivity contribution in [3.8, 4) is 11.4 Å². The third-order valence-corrected chi connectivity index (χ3v) is 4.53. The van der Waals surface area contributed by atoms with Crippen molar-refractivity contribution in [1.29, 1.82) is 0 Å². The number of hydrogen-bond donors (Lipinski definition) is 3. The highest BCUT2D eigenvalue weighted by Crippen LogP contribution is 2.22. The summed E-state index contributed by atoms with van der Waals surface area (Å²) in [5.74, 6) is 1.76. The SMILES string of the molecule is Cc1cc(NCC2C(C)NNC2C)nc(-c2ccc([N+](=O)[O-])cc2)n1. The molecule has 8 nitrogen and oxygen atoms in total. The summed E-state index contributed by atoms with van der Waals surface area (Å²) in [6, 6.07) is 8.93. The predicted molar refractivity (Wildman–Crippen MR) is 96.0 cm³/mol. The Kier molecular flexibility index (Phi) is 4.91. The van der Waals surface area contributed by atoms with Gasteiger partial charge in [0.25, 0.3) is 5.69 Å². The van der Waals surface area contributed by atoms with Crippen LogP contribution < -0.4 is 16.2 Å². The zero-order chi connectivity index (χ0) is 18.0. The fourth-order valence-corrected chi connectivity index (χ4v) is 3.01. The molecule has 0 amide bonds. The lowest BCUT2D eigenvalue weighted by Gasteiger charge is -2.19. The lowest BCUT2D eigenvalue weighted by Crippen LogP contribution is -2.30. The number of anilines is 1. The van der Waals surface area contributed by atoms with Gasteiger partial charge in [0, 0.05) is 54.0 Å². The van der Waals surface area contributed by atoms with Gasteiger partial charge in [-0.05, 0) is 32.9 Å². The third kappa shape index (κ3) is 3.92. The molecule has 1 saturated heterocycles. The molecule has 1 aromatic carbocycles. The van der Waals surface area contributed by atoms with E-state index in [0.29, 0.717) is 23.8 Å². The van der Waals surface area contributed by atoms with Crippen molar-refractivity contribution in [3.63, 3.8) is 0 Å². The van der Waals surface area contributed by atoms with E-state index in [2.05, 4.69) is 40.0 Å². The molecule has 1 aliphatic rings. The molecule has 1 aliphatic heterocycles. The molecule has 132 valence electrons. The van der Waals surface area contributed by atoms with Gasteiger partial charge in [-0.25, -0.2) is 9.97 Å². The van der Waals surface area contributed by atoms with E-state index >= 15 is 0 Å². The van der Waals surface area contributed by atoms with Crippen LogP contribution >= 0.6 is 0 Å². The fourth-order valence-electron chi connectivity index (χ4n) is 3.01. The molecule has 25 heavy (non-hydrogen) atoms. The smallest absolute Gasteiger partial charge is 0.269 e. The second-order valence-electron chi connectivity index (χ2n) is 6.43. The summed E-state index contributed by atoms with van der Waals surface area (Å²) >= 11 is 0. The number of aryl methyl sites for hydroxylation is 1. The number of rotatable bonds is 5. The molecule has 2 heterocycles. The van der Waals surface area contributed by atoms with E-state index in [-0.39, 0.29) is 5.69 Å². The maximum atomic E-state index is 10.8. The monoisotopic (exact) mass is 342 g/mol. The Labute approximate surface area is 146 Å². The summed E-state index contributed by atoms with van der Waals surface area (Å²) in [7, 11) is 0. The molecule has 3 N–H and O–H groups in total. The Hall–Kier alpha value is -2.58. The van der Waals surface area contributed by atoms with E-state index in [4.69, 9.17) is 0 Å². The zero-order valence-electron chi connectivity index (χ0n) is 14.5. The third-order valence-electron chi connectivity index (χ3n) is 4.53. The van der Waals surface area contributed by atoms with Crippen molar-refractivity contribution in [1.82, 2.24) is 20.8 Å². The Morgan fingerprint density at radius 2 is 1.80 bits per heavy atom. The summed E-state index contributed by atoms with van der Waals surface area (Å²) in [6.07, 6.45) is 0. The lowest BCUT2D eigenvalue weighted by molar-refractivity contribution is -0.384. The van der Waals surface area contributed by atoms with Crippen LogP contribution in [-0.2, 0) is 0 Å². The molecule has 2 aromatic rings. The maximum absolute atomic E-state index is 10.8. The highest BCUT2D eigenvalue weighted by Gasteiger charge is 2.29. The Morgan fingerprint density at radius 1 is 1.16 bits per heavy atom. The van der Waals surface area contributed by atoms with Gasteiger partial charge in [0.05, 0.1) is 4.92 Å². The number of hydrazine groups is 1. The van der Waals surface area contributed by atoms with Crippen LogP contribution in [0.25, 0.3) is 11.4 Å². The van der Waals surface area contributed by atoms with Gasteiger partial charge in [0.2, 0.25) is 0 Å². The van der Waals surface area contributed by atoms with Gasteiger partial charge in [-0.15, -0.1) is 0 Å². The van der Waals surface area contributed by atoms with Crippen molar-refractivity contribution >= 4 is 11.5 Å². The molecular weight excluding hydrogens is 320 g/mol. The number of nitro groups is 1. The molecule has 1 aromatic heterocycles. The van der Waals surface area contributed by atoms with Crippen molar-refractivity contribution in [3.05, 3.63) is 46.1 Å². The van der Waals surface area contributed by atoms with E-state index in [9.17, 15) is 10.1 Å². The molecule has 3 rings (SSSR count). The summed E-state index contributed by atoms with van der Waals surface area (Å²) in [5.41, 5.74) is 8.13. The normalized spacial score (nSPS) is 22.8. The van der Waals surface area contributed by atoms with Crippen LogP contribution in [0.1, 0.15) is 19.5 Å². The van der Waals surface area contributed by atoms with Crippen LogP contribution in [0.3, 0.4) is 0 Å². The Bertz CT molecular complexity index is 754. The first kappa shape index (κ1) is 17.2. The maximum Gasteiger partial charge on any atom is 0.269 e. The summed E-state index contributed by atoms with van der Waals surface area (Å²) in [5, 5.41) is 14.2. The minimum absolute atomic E-state index is 0.0546. The quantitative estimate of drug-likeness (QED) is 0.565. The summed E-state index contributed by atoms with van der Waals surface area (Å²) in [4.78, 5) is 19.4. The van der Waals surface area contributed by atoms with Gasteiger partial charge in [-0.3, -0.25) is 21.0 Å². The number of benzene rings is 1. The standard InChI is InChI=1S/C17H22N6O2/c1-10-8-16(18-9-15-11(2)21-22-12(15)3)20-17(19-10)13-4-6-14(7-5-13)23(24)25/h4-8,11-12,15,21-22H,9H2,1-3H3,(H,18,19,20). The summed E-state index contributed by atoms with van der Waals surface area (Å²) in [6.45, 7) is 7.00. The molecule has 0 bridgehead atoms. The van der Waals surface area contributed by atoms with Gasteiger partial charge in [0.1, 0.15) is 5.82 Å². The average Bonchev–Trinajstić information content (AvgIpc) is 2.91. The second-order valence-corrected chi connectivity index (χ2v) is 6.43. The van der Waals surface area contributed by atoms with Gasteiger partial charge >= 0.3 is 0 Å². The van der Waals surface area contributed by atoms with Crippen LogP contribution in [0.5, 0.6) is 0 Å². The molecule has 1 fully saturated rings. The first-order valence-corrected chi connectivity index (χ1v) is 8.29. The molecule has 2 unspecified atom stereocenters. The molecule has 0 aliphatic carbocycles. The molecule has 2 atom stereocenters. The van der Waals surface area contributed by atoms with Crippen LogP contribution in [0.15, 0.2) is 30.3 Å². The average molecular weight is 342 g/mol. The van der Waals surface area contributed by atoms with Crippen LogP contribution in [0.2, 0.25) is 0 Å². The number of non-ortho nitro benzene ring substituents is 1. The Balaban J connectivity index is 1.77. The number of nitrogens with one attached hydrogen (secondary N) is 3. The number of hydrogen-bond acceptors (Lipinski definition) is 7. The first-order chi connectivity index (χ1) is 11.9. The number of aromatic nitrogens is 2. The topological polar surface area (TPSA) is 105 Å². The molecule has 8 heteroatoms. The molecule has 0 saturated carbocycles. The largest absolute Gasteiger partial charge is 0.370 e. The molecule has 0 radical (unpaired) electrons. The van der Waals surface area contributed by atoms with E-state index in [1.165, 1.54) is 12.1 Å². The molecular formula is C17H22N6O2. The fraction of sp³-hybridized carbons (Fsp3) is 0.412. The van der Waals surface area contributed by atoms with Crippen molar-refractivity contribution in [2.45, 2.75) is 32.9 Å². The predicted octanol–water partition coefficient (Wildman–Crippen LogP) is 2.27.